The van der Waals surface area contributed by atoms with Crippen LogP contribution in [0.1, 0.15) is 15.9 Å². The van der Waals surface area contributed by atoms with Gasteiger partial charge in [-0.15, -0.1) is 11.6 Å². The molecule has 0 heterocycles. The van der Waals surface area contributed by atoms with Crippen LogP contribution in [0.25, 0.3) is 0 Å². The minimum absolute atomic E-state index is 0. The van der Waals surface area contributed by atoms with Gasteiger partial charge in [0.05, 0.1) is 5.56 Å². The van der Waals surface area contributed by atoms with Gasteiger partial charge in [0, 0.05) is 5.88 Å². The van der Waals surface area contributed by atoms with E-state index in [1.54, 1.807) is 24.3 Å². The van der Waals surface area contributed by atoms with Crippen LogP contribution in [0, 0.1) is 0 Å². The van der Waals surface area contributed by atoms with E-state index in [0.717, 1.165) is 0 Å². The molecule has 1 N–H and O–H groups in total. The first-order valence-corrected chi connectivity index (χ1v) is 3.66. The van der Waals surface area contributed by atoms with Crippen molar-refractivity contribution in [1.29, 1.82) is 0 Å². The fraction of sp³-hybridized carbons (Fsp3) is 0.125. The van der Waals surface area contributed by atoms with Crippen molar-refractivity contribution in [3.8, 4) is 0 Å². The van der Waals surface area contributed by atoms with Crippen LogP contribution < -0.4 is 0 Å². The Morgan fingerprint density at radius 3 is 2.42 bits per heavy atom. The summed E-state index contributed by atoms with van der Waals surface area (Å²) >= 11 is 5.51. The second-order valence-corrected chi connectivity index (χ2v) is 2.36. The standard InChI is InChI=1S/C8H7ClO2.Na.H/c9-5-6-3-1-2-4-7(6)8(10)11;;/h1-4H,5H2,(H,10,11);;. The van der Waals surface area contributed by atoms with Crippen LogP contribution in [0.15, 0.2) is 24.3 Å². The molecule has 0 aromatic heterocycles. The molecule has 60 valence electrons. The van der Waals surface area contributed by atoms with Gasteiger partial charge in [0.25, 0.3) is 0 Å². The molecule has 1 aromatic carbocycles. The molecule has 1 rings (SSSR count). The van der Waals surface area contributed by atoms with E-state index in [4.69, 9.17) is 16.7 Å². The molecule has 0 fully saturated rings. The summed E-state index contributed by atoms with van der Waals surface area (Å²) in [6, 6.07) is 6.69. The van der Waals surface area contributed by atoms with E-state index in [1.165, 1.54) is 0 Å². The maximum atomic E-state index is 10.5. The summed E-state index contributed by atoms with van der Waals surface area (Å²) in [6.45, 7) is 0. The normalized spacial score (nSPS) is 8.75. The van der Waals surface area contributed by atoms with Gasteiger partial charge in [0.15, 0.2) is 0 Å². The molecule has 0 unspecified atom stereocenters. The van der Waals surface area contributed by atoms with E-state index in [2.05, 4.69) is 0 Å². The van der Waals surface area contributed by atoms with Crippen molar-refractivity contribution < 1.29 is 9.90 Å². The summed E-state index contributed by atoms with van der Waals surface area (Å²) in [7, 11) is 0. The Morgan fingerprint density at radius 2 is 2.00 bits per heavy atom. The second-order valence-electron chi connectivity index (χ2n) is 2.10. The Labute approximate surface area is 97.8 Å². The second kappa shape index (κ2) is 5.60. The van der Waals surface area contributed by atoms with Crippen molar-refractivity contribution in [3.05, 3.63) is 35.4 Å². The Balaban J connectivity index is 0.00000121. The summed E-state index contributed by atoms with van der Waals surface area (Å²) in [5, 5.41) is 8.64. The number of benzene rings is 1. The van der Waals surface area contributed by atoms with Crippen LogP contribution >= 0.6 is 11.6 Å². The van der Waals surface area contributed by atoms with E-state index in [0.29, 0.717) is 5.56 Å². The maximum absolute atomic E-state index is 10.5. The third kappa shape index (κ3) is 2.79. The van der Waals surface area contributed by atoms with Gasteiger partial charge < -0.3 is 5.11 Å². The SMILES string of the molecule is O=C(O)c1ccccc1CCl.[NaH]. The van der Waals surface area contributed by atoms with E-state index in [1.807, 2.05) is 0 Å². The number of hydrogen-bond donors (Lipinski definition) is 1. The Kier molecular flexibility index (Phi) is 5.59. The van der Waals surface area contributed by atoms with Gasteiger partial charge in [-0.05, 0) is 11.6 Å². The zero-order chi connectivity index (χ0) is 8.27. The van der Waals surface area contributed by atoms with Gasteiger partial charge >= 0.3 is 35.5 Å². The van der Waals surface area contributed by atoms with Gasteiger partial charge in [-0.3, -0.25) is 0 Å². The van der Waals surface area contributed by atoms with Gasteiger partial charge in [0.1, 0.15) is 0 Å². The topological polar surface area (TPSA) is 37.3 Å². The van der Waals surface area contributed by atoms with Gasteiger partial charge in [-0.1, -0.05) is 18.2 Å². The molecule has 0 bridgehead atoms. The van der Waals surface area contributed by atoms with Crippen molar-refractivity contribution in [3.63, 3.8) is 0 Å². The number of carboxylic acid groups (broad SMARTS) is 1. The molecule has 2 nitrogen and oxygen atoms in total. The monoisotopic (exact) mass is 194 g/mol. The number of aromatic carboxylic acids is 1. The Hall–Kier alpha value is -0.0200. The predicted octanol–water partition coefficient (Wildman–Crippen LogP) is 1.48. The molecule has 0 aliphatic carbocycles. The van der Waals surface area contributed by atoms with E-state index in [-0.39, 0.29) is 41.0 Å². The quantitative estimate of drug-likeness (QED) is 0.572. The van der Waals surface area contributed by atoms with Crippen LogP contribution in [0.5, 0.6) is 0 Å². The number of rotatable bonds is 2. The van der Waals surface area contributed by atoms with Crippen molar-refractivity contribution in [2.75, 3.05) is 0 Å². The first-order chi connectivity index (χ1) is 5.25. The third-order valence-electron chi connectivity index (χ3n) is 1.39. The molecule has 0 radical (unpaired) electrons. The van der Waals surface area contributed by atoms with Crippen molar-refractivity contribution in [2.24, 2.45) is 0 Å². The molecule has 0 atom stereocenters. The van der Waals surface area contributed by atoms with Crippen LogP contribution in [-0.4, -0.2) is 40.6 Å². The summed E-state index contributed by atoms with van der Waals surface area (Å²) in [6.07, 6.45) is 0. The van der Waals surface area contributed by atoms with Gasteiger partial charge in [0.2, 0.25) is 0 Å². The molecule has 0 aliphatic heterocycles. The number of carbonyl (C=O) groups is 1. The molecule has 0 saturated heterocycles. The summed E-state index contributed by atoms with van der Waals surface area (Å²) in [5.41, 5.74) is 0.934. The van der Waals surface area contributed by atoms with Crippen LogP contribution in [0.3, 0.4) is 0 Å². The third-order valence-corrected chi connectivity index (χ3v) is 1.68. The number of alkyl halides is 1. The fourth-order valence-corrected chi connectivity index (χ4v) is 1.08. The first kappa shape index (κ1) is 12.0. The average molecular weight is 195 g/mol. The molecule has 1 aromatic rings. The van der Waals surface area contributed by atoms with E-state index >= 15 is 0 Å². The Bertz CT molecular complexity index is 276. The summed E-state index contributed by atoms with van der Waals surface area (Å²) in [4.78, 5) is 10.5. The fourth-order valence-electron chi connectivity index (χ4n) is 0.845. The number of halogens is 1. The molecule has 0 saturated carbocycles. The van der Waals surface area contributed by atoms with Crippen LogP contribution in [0.4, 0.5) is 0 Å². The van der Waals surface area contributed by atoms with Crippen LogP contribution in [0.2, 0.25) is 0 Å². The van der Waals surface area contributed by atoms with Crippen molar-refractivity contribution in [2.45, 2.75) is 5.88 Å². The molecular weight excluding hydrogens is 187 g/mol. The molecule has 0 aliphatic rings. The molecule has 0 amide bonds. The molecule has 4 heteroatoms. The number of carboxylic acids is 1. The van der Waals surface area contributed by atoms with Crippen molar-refractivity contribution >= 4 is 47.1 Å². The van der Waals surface area contributed by atoms with E-state index < -0.39 is 5.97 Å². The van der Waals surface area contributed by atoms with Gasteiger partial charge in [-0.2, -0.15) is 0 Å². The van der Waals surface area contributed by atoms with Crippen molar-refractivity contribution in [1.82, 2.24) is 0 Å². The first-order valence-electron chi connectivity index (χ1n) is 3.13. The average Bonchev–Trinajstić information content (AvgIpc) is 2.04. The number of hydrogen-bond acceptors (Lipinski definition) is 1. The molecule has 0 spiro atoms. The van der Waals surface area contributed by atoms with Gasteiger partial charge in [-0.25, -0.2) is 4.79 Å². The zero-order valence-corrected chi connectivity index (χ0v) is 6.51. The predicted molar refractivity (Wildman–Crippen MR) is 50.1 cm³/mol. The minimum atomic E-state index is -0.929. The van der Waals surface area contributed by atoms with E-state index in [9.17, 15) is 4.79 Å². The zero-order valence-electron chi connectivity index (χ0n) is 5.75. The summed E-state index contributed by atoms with van der Waals surface area (Å²) < 4.78 is 0. The molecule has 12 heavy (non-hydrogen) atoms. The van der Waals surface area contributed by atoms with Crippen LogP contribution in [-0.2, 0) is 5.88 Å². The summed E-state index contributed by atoms with van der Waals surface area (Å²) in [5.74, 6) is -0.691. The molecular formula is C8H8ClNaO2. The Morgan fingerprint density at radius 1 is 1.42 bits per heavy atom.